The maximum Gasteiger partial charge on any atom is 0.168 e. The number of hydrogen-bond acceptors (Lipinski definition) is 4. The van der Waals surface area contributed by atoms with Gasteiger partial charge in [0.25, 0.3) is 0 Å². The van der Waals surface area contributed by atoms with Crippen molar-refractivity contribution in [2.45, 2.75) is 13.3 Å². The Morgan fingerprint density at radius 1 is 1.16 bits per heavy atom. The average molecular weight is 276 g/mol. The highest BCUT2D eigenvalue weighted by atomic mass is 32.1. The van der Waals surface area contributed by atoms with Crippen molar-refractivity contribution in [3.8, 4) is 11.5 Å². The van der Waals surface area contributed by atoms with Crippen LogP contribution in [0, 0.1) is 6.92 Å². The molecule has 1 aromatic carbocycles. The van der Waals surface area contributed by atoms with Crippen LogP contribution >= 0.6 is 11.3 Å². The summed E-state index contributed by atoms with van der Waals surface area (Å²) in [6.45, 7) is 1.96. The number of aryl methyl sites for hydroxylation is 1. The molecule has 100 valence electrons. The zero-order valence-corrected chi connectivity index (χ0v) is 12.0. The molecule has 1 heterocycles. The maximum absolute atomic E-state index is 12.2. The third-order valence-corrected chi connectivity index (χ3v) is 3.83. The van der Waals surface area contributed by atoms with Crippen molar-refractivity contribution in [2.75, 3.05) is 14.2 Å². The van der Waals surface area contributed by atoms with E-state index >= 15 is 0 Å². The number of carbonyl (C=O) groups is 1. The Labute approximate surface area is 116 Å². The van der Waals surface area contributed by atoms with Gasteiger partial charge in [-0.25, -0.2) is 0 Å². The number of ether oxygens (including phenoxy) is 2. The predicted molar refractivity (Wildman–Crippen MR) is 76.6 cm³/mol. The van der Waals surface area contributed by atoms with Crippen LogP contribution in [0.1, 0.15) is 21.5 Å². The van der Waals surface area contributed by atoms with E-state index in [9.17, 15) is 4.79 Å². The molecule has 0 radical (unpaired) electrons. The second-order valence-electron chi connectivity index (χ2n) is 4.26. The standard InChI is InChI=1S/C15H16O3S/c1-10-8-19-9-12(10)13(16)6-11-4-5-14(17-2)15(7-11)18-3/h4-5,7-9H,6H2,1-3H3. The van der Waals surface area contributed by atoms with Crippen LogP contribution in [0.5, 0.6) is 11.5 Å². The van der Waals surface area contributed by atoms with Crippen LogP contribution in [0.2, 0.25) is 0 Å². The minimum atomic E-state index is 0.131. The third kappa shape index (κ3) is 2.96. The number of methoxy groups -OCH3 is 2. The molecule has 0 aliphatic heterocycles. The first-order valence-electron chi connectivity index (χ1n) is 5.92. The number of benzene rings is 1. The van der Waals surface area contributed by atoms with Gasteiger partial charge in [-0.05, 0) is 35.6 Å². The first-order chi connectivity index (χ1) is 9.15. The summed E-state index contributed by atoms with van der Waals surface area (Å²) in [6, 6.07) is 5.56. The Morgan fingerprint density at radius 3 is 2.47 bits per heavy atom. The molecule has 2 aromatic rings. The molecule has 0 fully saturated rings. The van der Waals surface area contributed by atoms with Gasteiger partial charge >= 0.3 is 0 Å². The van der Waals surface area contributed by atoms with Crippen molar-refractivity contribution < 1.29 is 14.3 Å². The van der Waals surface area contributed by atoms with E-state index in [1.54, 1.807) is 25.6 Å². The summed E-state index contributed by atoms with van der Waals surface area (Å²) in [5.41, 5.74) is 2.77. The van der Waals surface area contributed by atoms with Crippen LogP contribution in [0.25, 0.3) is 0 Å². The highest BCUT2D eigenvalue weighted by molar-refractivity contribution is 7.08. The molecule has 0 aliphatic rings. The normalized spacial score (nSPS) is 10.3. The van der Waals surface area contributed by atoms with Gasteiger partial charge in [-0.15, -0.1) is 0 Å². The highest BCUT2D eigenvalue weighted by Crippen LogP contribution is 2.28. The summed E-state index contributed by atoms with van der Waals surface area (Å²) in [5, 5.41) is 3.89. The van der Waals surface area contributed by atoms with Gasteiger partial charge in [-0.2, -0.15) is 11.3 Å². The van der Waals surface area contributed by atoms with Gasteiger partial charge in [0.2, 0.25) is 0 Å². The fourth-order valence-electron chi connectivity index (χ4n) is 1.92. The summed E-state index contributed by atoms with van der Waals surface area (Å²) >= 11 is 1.55. The molecule has 0 spiro atoms. The van der Waals surface area contributed by atoms with Crippen LogP contribution in [0.4, 0.5) is 0 Å². The zero-order chi connectivity index (χ0) is 13.8. The van der Waals surface area contributed by atoms with Crippen LogP contribution < -0.4 is 9.47 Å². The van der Waals surface area contributed by atoms with E-state index in [1.165, 1.54) is 0 Å². The number of rotatable bonds is 5. The number of carbonyl (C=O) groups excluding carboxylic acids is 1. The van der Waals surface area contributed by atoms with E-state index < -0.39 is 0 Å². The van der Waals surface area contributed by atoms with Gasteiger partial charge in [0.1, 0.15) is 0 Å². The molecule has 0 bridgehead atoms. The number of ketones is 1. The third-order valence-electron chi connectivity index (χ3n) is 2.97. The van der Waals surface area contributed by atoms with Crippen LogP contribution in [0.3, 0.4) is 0 Å². The smallest absolute Gasteiger partial charge is 0.168 e. The number of hydrogen-bond donors (Lipinski definition) is 0. The van der Waals surface area contributed by atoms with E-state index in [1.807, 2.05) is 35.9 Å². The molecular formula is C15H16O3S. The fraction of sp³-hybridized carbons (Fsp3) is 0.267. The van der Waals surface area contributed by atoms with E-state index in [0.29, 0.717) is 17.9 Å². The number of Topliss-reactive ketones (excluding diaryl/α,β-unsaturated/α-hetero) is 1. The number of thiophene rings is 1. The molecule has 0 aliphatic carbocycles. The van der Waals surface area contributed by atoms with Crippen molar-refractivity contribution >= 4 is 17.1 Å². The Kier molecular flexibility index (Phi) is 4.22. The predicted octanol–water partition coefficient (Wildman–Crippen LogP) is 3.50. The van der Waals surface area contributed by atoms with Gasteiger partial charge in [-0.1, -0.05) is 6.07 Å². The van der Waals surface area contributed by atoms with Crippen LogP contribution in [-0.2, 0) is 6.42 Å². The lowest BCUT2D eigenvalue weighted by Crippen LogP contribution is -2.04. The summed E-state index contributed by atoms with van der Waals surface area (Å²) in [6.07, 6.45) is 0.373. The fourth-order valence-corrected chi connectivity index (χ4v) is 2.77. The second-order valence-corrected chi connectivity index (χ2v) is 5.00. The first kappa shape index (κ1) is 13.6. The van der Waals surface area contributed by atoms with Gasteiger partial charge in [-0.3, -0.25) is 4.79 Å². The summed E-state index contributed by atoms with van der Waals surface area (Å²) in [4.78, 5) is 12.2. The van der Waals surface area contributed by atoms with Crippen molar-refractivity contribution in [2.24, 2.45) is 0 Å². The average Bonchev–Trinajstić information content (AvgIpc) is 2.85. The molecule has 19 heavy (non-hydrogen) atoms. The molecule has 0 atom stereocenters. The summed E-state index contributed by atoms with van der Waals surface area (Å²) in [5.74, 6) is 1.45. The van der Waals surface area contributed by atoms with Gasteiger partial charge < -0.3 is 9.47 Å². The Balaban J connectivity index is 2.20. The Hall–Kier alpha value is -1.81. The molecule has 0 saturated heterocycles. The lowest BCUT2D eigenvalue weighted by Gasteiger charge is -2.09. The Bertz CT molecular complexity index is 587. The topological polar surface area (TPSA) is 35.5 Å². The van der Waals surface area contributed by atoms with Crippen LogP contribution in [0.15, 0.2) is 29.0 Å². The maximum atomic E-state index is 12.2. The summed E-state index contributed by atoms with van der Waals surface area (Å²) in [7, 11) is 3.18. The van der Waals surface area contributed by atoms with Crippen LogP contribution in [-0.4, -0.2) is 20.0 Å². The van der Waals surface area contributed by atoms with Crippen molar-refractivity contribution in [3.05, 3.63) is 45.6 Å². The lowest BCUT2D eigenvalue weighted by molar-refractivity contribution is 0.0993. The molecular weight excluding hydrogens is 260 g/mol. The molecule has 4 heteroatoms. The van der Waals surface area contributed by atoms with Gasteiger partial charge in [0.05, 0.1) is 14.2 Å². The van der Waals surface area contributed by atoms with E-state index in [4.69, 9.17) is 9.47 Å². The van der Waals surface area contributed by atoms with Gasteiger partial charge in [0, 0.05) is 17.4 Å². The molecule has 0 amide bonds. The summed E-state index contributed by atoms with van der Waals surface area (Å²) < 4.78 is 10.4. The molecule has 1 aromatic heterocycles. The molecule has 0 unspecified atom stereocenters. The molecule has 3 nitrogen and oxygen atoms in total. The lowest BCUT2D eigenvalue weighted by atomic mass is 10.0. The quantitative estimate of drug-likeness (QED) is 0.784. The monoisotopic (exact) mass is 276 g/mol. The first-order valence-corrected chi connectivity index (χ1v) is 6.87. The minimum Gasteiger partial charge on any atom is -0.493 e. The van der Waals surface area contributed by atoms with Gasteiger partial charge in [0.15, 0.2) is 17.3 Å². The van der Waals surface area contributed by atoms with Crippen molar-refractivity contribution in [1.82, 2.24) is 0 Å². The Morgan fingerprint density at radius 2 is 1.89 bits per heavy atom. The minimum absolute atomic E-state index is 0.131. The largest absolute Gasteiger partial charge is 0.493 e. The van der Waals surface area contributed by atoms with Crippen molar-refractivity contribution in [1.29, 1.82) is 0 Å². The highest BCUT2D eigenvalue weighted by Gasteiger charge is 2.12. The zero-order valence-electron chi connectivity index (χ0n) is 11.2. The molecule has 0 N–H and O–H groups in total. The van der Waals surface area contributed by atoms with Crippen molar-refractivity contribution in [3.63, 3.8) is 0 Å². The van der Waals surface area contributed by atoms with E-state index in [0.717, 1.165) is 16.7 Å². The molecule has 0 saturated carbocycles. The van der Waals surface area contributed by atoms with E-state index in [-0.39, 0.29) is 5.78 Å². The second kappa shape index (κ2) is 5.89. The molecule has 2 rings (SSSR count). The SMILES string of the molecule is COc1ccc(CC(=O)c2cscc2C)cc1OC. The van der Waals surface area contributed by atoms with E-state index in [2.05, 4.69) is 0 Å².